The maximum absolute atomic E-state index is 12.0. The molecule has 0 N–H and O–H groups in total. The lowest BCUT2D eigenvalue weighted by Gasteiger charge is -2.18. The van der Waals surface area contributed by atoms with E-state index in [0.717, 1.165) is 25.9 Å². The fourth-order valence-electron chi connectivity index (χ4n) is 2.36. The Balaban J connectivity index is 2.52. The zero-order chi connectivity index (χ0) is 18.0. The SMILES string of the molecule is C#C/C(=C\C=C\N(CCC)CCC)C(=O)OCC1COC(C)(C)O1. The molecule has 134 valence electrons. The van der Waals surface area contributed by atoms with Gasteiger partial charge in [0.25, 0.3) is 0 Å². The predicted molar refractivity (Wildman–Crippen MR) is 94.1 cm³/mol. The summed E-state index contributed by atoms with van der Waals surface area (Å²) in [7, 11) is 0. The van der Waals surface area contributed by atoms with Crippen molar-refractivity contribution in [3.05, 3.63) is 23.9 Å². The number of carbonyl (C=O) groups excluding carboxylic acids is 1. The summed E-state index contributed by atoms with van der Waals surface area (Å²) in [6.07, 6.45) is 12.6. The highest BCUT2D eigenvalue weighted by molar-refractivity contribution is 5.93. The second kappa shape index (κ2) is 10.2. The molecule has 1 aliphatic rings. The lowest BCUT2D eigenvalue weighted by molar-refractivity contribution is -0.155. The molecule has 0 amide bonds. The van der Waals surface area contributed by atoms with Gasteiger partial charge in [0, 0.05) is 13.1 Å². The Morgan fingerprint density at radius 1 is 1.38 bits per heavy atom. The van der Waals surface area contributed by atoms with Gasteiger partial charge >= 0.3 is 5.97 Å². The maximum atomic E-state index is 12.0. The summed E-state index contributed by atoms with van der Waals surface area (Å²) < 4.78 is 16.2. The van der Waals surface area contributed by atoms with E-state index < -0.39 is 11.8 Å². The zero-order valence-corrected chi connectivity index (χ0v) is 15.2. The number of ether oxygens (including phenoxy) is 3. The lowest BCUT2D eigenvalue weighted by Crippen LogP contribution is -2.25. The van der Waals surface area contributed by atoms with Gasteiger partial charge in [0.05, 0.1) is 6.61 Å². The van der Waals surface area contributed by atoms with Crippen molar-refractivity contribution in [3.8, 4) is 12.3 Å². The number of nitrogens with zero attached hydrogens (tertiary/aromatic N) is 1. The molecular weight excluding hydrogens is 306 g/mol. The standard InChI is InChI=1S/C19H29NO4/c1-6-11-20(12-7-2)13-9-10-16(8-3)18(21)22-14-17-15-23-19(4,5)24-17/h3,9-10,13,17H,6-7,11-12,14-15H2,1-2,4-5H3/b13-9+,16-10+. The van der Waals surface area contributed by atoms with Crippen molar-refractivity contribution in [2.45, 2.75) is 52.4 Å². The highest BCUT2D eigenvalue weighted by atomic mass is 16.7. The van der Waals surface area contributed by atoms with E-state index >= 15 is 0 Å². The van der Waals surface area contributed by atoms with Gasteiger partial charge < -0.3 is 19.1 Å². The molecule has 0 aromatic rings. The number of carbonyl (C=O) groups is 1. The minimum absolute atomic E-state index is 0.128. The van der Waals surface area contributed by atoms with Crippen molar-refractivity contribution in [2.75, 3.05) is 26.3 Å². The number of terminal acetylenes is 1. The van der Waals surface area contributed by atoms with Crippen LogP contribution >= 0.6 is 0 Å². The molecule has 0 spiro atoms. The van der Waals surface area contributed by atoms with Crippen molar-refractivity contribution in [3.63, 3.8) is 0 Å². The molecule has 1 heterocycles. The molecule has 5 heteroatoms. The van der Waals surface area contributed by atoms with E-state index in [0.29, 0.717) is 6.61 Å². The third-order valence-corrected chi connectivity index (χ3v) is 3.42. The summed E-state index contributed by atoms with van der Waals surface area (Å²) in [5, 5.41) is 0. The van der Waals surface area contributed by atoms with Crippen molar-refractivity contribution in [1.29, 1.82) is 0 Å². The van der Waals surface area contributed by atoms with Crippen LogP contribution in [0.3, 0.4) is 0 Å². The Morgan fingerprint density at radius 3 is 2.54 bits per heavy atom. The van der Waals surface area contributed by atoms with E-state index in [9.17, 15) is 4.79 Å². The molecular formula is C19H29NO4. The zero-order valence-electron chi connectivity index (χ0n) is 15.2. The summed E-state index contributed by atoms with van der Waals surface area (Å²) in [6.45, 7) is 10.4. The van der Waals surface area contributed by atoms with Crippen LogP contribution in [0.15, 0.2) is 23.9 Å². The second-order valence-electron chi connectivity index (χ2n) is 6.15. The quantitative estimate of drug-likeness (QED) is 0.281. The highest BCUT2D eigenvalue weighted by Gasteiger charge is 2.33. The summed E-state index contributed by atoms with van der Waals surface area (Å²) in [5.74, 6) is 1.22. The molecule has 0 bridgehead atoms. The van der Waals surface area contributed by atoms with Crippen LogP contribution in [0.2, 0.25) is 0 Å². The Kier molecular flexibility index (Phi) is 8.59. The van der Waals surface area contributed by atoms with Gasteiger partial charge in [-0.1, -0.05) is 19.8 Å². The molecule has 1 atom stereocenters. The number of allylic oxidation sites excluding steroid dienone is 2. The van der Waals surface area contributed by atoms with Gasteiger partial charge in [0.15, 0.2) is 5.79 Å². The van der Waals surface area contributed by atoms with Gasteiger partial charge in [-0.25, -0.2) is 4.79 Å². The van der Waals surface area contributed by atoms with Gasteiger partial charge in [-0.05, 0) is 45.0 Å². The first kappa shape index (κ1) is 20.3. The Morgan fingerprint density at radius 2 is 2.04 bits per heavy atom. The van der Waals surface area contributed by atoms with Crippen molar-refractivity contribution in [2.24, 2.45) is 0 Å². The molecule has 0 saturated carbocycles. The second-order valence-corrected chi connectivity index (χ2v) is 6.15. The van der Waals surface area contributed by atoms with Crippen molar-refractivity contribution in [1.82, 2.24) is 4.90 Å². The van der Waals surface area contributed by atoms with Crippen LogP contribution in [0.5, 0.6) is 0 Å². The van der Waals surface area contributed by atoms with E-state index in [-0.39, 0.29) is 18.3 Å². The third kappa shape index (κ3) is 7.20. The molecule has 1 saturated heterocycles. The van der Waals surface area contributed by atoms with Crippen LogP contribution in [0, 0.1) is 12.3 Å². The third-order valence-electron chi connectivity index (χ3n) is 3.42. The number of esters is 1. The predicted octanol–water partition coefficient (Wildman–Crippen LogP) is 2.88. The molecule has 5 nitrogen and oxygen atoms in total. The summed E-state index contributed by atoms with van der Waals surface area (Å²) in [4.78, 5) is 14.2. The normalized spacial score (nSPS) is 20.1. The van der Waals surface area contributed by atoms with Crippen molar-refractivity contribution < 1.29 is 19.0 Å². The molecule has 1 aliphatic heterocycles. The first-order valence-corrected chi connectivity index (χ1v) is 8.49. The topological polar surface area (TPSA) is 48.0 Å². The van der Waals surface area contributed by atoms with Gasteiger partial charge in [-0.3, -0.25) is 0 Å². The summed E-state index contributed by atoms with van der Waals surface area (Å²) in [5.41, 5.74) is 0.192. The smallest absolute Gasteiger partial charge is 0.346 e. The number of rotatable bonds is 9. The Labute approximate surface area is 145 Å². The Bertz CT molecular complexity index is 496. The first-order chi connectivity index (χ1) is 11.4. The monoisotopic (exact) mass is 335 g/mol. The van der Waals surface area contributed by atoms with Crippen LogP contribution in [-0.2, 0) is 19.0 Å². The summed E-state index contributed by atoms with van der Waals surface area (Å²) in [6, 6.07) is 0. The van der Waals surface area contributed by atoms with E-state index in [4.69, 9.17) is 20.6 Å². The van der Waals surface area contributed by atoms with Crippen LogP contribution < -0.4 is 0 Å². The molecule has 1 unspecified atom stereocenters. The molecule has 0 aliphatic carbocycles. The maximum Gasteiger partial charge on any atom is 0.346 e. The fraction of sp³-hybridized carbons (Fsp3) is 0.632. The lowest BCUT2D eigenvalue weighted by atomic mass is 10.2. The van der Waals surface area contributed by atoms with Gasteiger partial charge in [0.2, 0.25) is 0 Å². The largest absolute Gasteiger partial charge is 0.459 e. The minimum Gasteiger partial charge on any atom is -0.459 e. The number of hydrogen-bond acceptors (Lipinski definition) is 5. The van der Waals surface area contributed by atoms with Crippen LogP contribution in [0.4, 0.5) is 0 Å². The average molecular weight is 335 g/mol. The number of hydrogen-bond donors (Lipinski definition) is 0. The highest BCUT2D eigenvalue weighted by Crippen LogP contribution is 2.22. The van der Waals surface area contributed by atoms with Crippen LogP contribution in [0.1, 0.15) is 40.5 Å². The molecule has 0 aromatic heterocycles. The first-order valence-electron chi connectivity index (χ1n) is 8.49. The van der Waals surface area contributed by atoms with Gasteiger partial charge in [-0.15, -0.1) is 6.42 Å². The van der Waals surface area contributed by atoms with E-state index in [1.54, 1.807) is 12.2 Å². The van der Waals surface area contributed by atoms with E-state index in [1.807, 2.05) is 20.0 Å². The van der Waals surface area contributed by atoms with E-state index in [2.05, 4.69) is 24.7 Å². The average Bonchev–Trinajstić information content (AvgIpc) is 2.89. The van der Waals surface area contributed by atoms with Crippen LogP contribution in [-0.4, -0.2) is 49.1 Å². The Hall–Kier alpha value is -1.77. The molecule has 0 aromatic carbocycles. The molecule has 24 heavy (non-hydrogen) atoms. The fourth-order valence-corrected chi connectivity index (χ4v) is 2.36. The van der Waals surface area contributed by atoms with Crippen molar-refractivity contribution >= 4 is 5.97 Å². The molecule has 1 rings (SSSR count). The minimum atomic E-state index is -0.632. The molecule has 0 radical (unpaired) electrons. The van der Waals surface area contributed by atoms with Gasteiger partial charge in [-0.2, -0.15) is 0 Å². The molecule has 1 fully saturated rings. The van der Waals surface area contributed by atoms with Gasteiger partial charge in [0.1, 0.15) is 18.3 Å². The van der Waals surface area contributed by atoms with E-state index in [1.165, 1.54) is 0 Å². The summed E-state index contributed by atoms with van der Waals surface area (Å²) >= 11 is 0. The van der Waals surface area contributed by atoms with Crippen LogP contribution in [0.25, 0.3) is 0 Å².